The van der Waals surface area contributed by atoms with Crippen LogP contribution in [0.4, 0.5) is 0 Å². The second kappa shape index (κ2) is 7.77. The maximum Gasteiger partial charge on any atom is 0.272 e. The topological polar surface area (TPSA) is 103 Å². The van der Waals surface area contributed by atoms with Crippen molar-refractivity contribution in [3.8, 4) is 17.2 Å². The van der Waals surface area contributed by atoms with Crippen molar-refractivity contribution in [2.45, 2.75) is 6.54 Å². The van der Waals surface area contributed by atoms with Crippen molar-refractivity contribution >= 4 is 16.7 Å². The van der Waals surface area contributed by atoms with Gasteiger partial charge in [-0.25, -0.2) is 5.10 Å². The second-order valence-electron chi connectivity index (χ2n) is 5.66. The number of carbonyl (C=O) groups excluding carboxylic acids is 1. The first kappa shape index (κ1) is 18.2. The molecule has 0 unspecified atom stereocenters. The molecule has 3 aromatic rings. The molecule has 1 amide bonds. The fourth-order valence-corrected chi connectivity index (χ4v) is 2.79. The molecule has 1 aromatic heterocycles. The molecule has 140 valence electrons. The predicted octanol–water partition coefficient (Wildman–Crippen LogP) is 1.88. The van der Waals surface area contributed by atoms with E-state index in [0.717, 1.165) is 5.56 Å². The molecule has 0 radical (unpaired) electrons. The highest BCUT2D eigenvalue weighted by atomic mass is 16.5. The number of amides is 1. The van der Waals surface area contributed by atoms with Crippen molar-refractivity contribution in [1.82, 2.24) is 15.5 Å². The van der Waals surface area contributed by atoms with Gasteiger partial charge in [-0.3, -0.25) is 9.59 Å². The summed E-state index contributed by atoms with van der Waals surface area (Å²) in [7, 11) is 4.57. The molecule has 0 saturated carbocycles. The average molecular weight is 369 g/mol. The van der Waals surface area contributed by atoms with E-state index < -0.39 is 5.91 Å². The Balaban J connectivity index is 1.87. The van der Waals surface area contributed by atoms with Crippen LogP contribution in [0, 0.1) is 0 Å². The first-order valence-electron chi connectivity index (χ1n) is 8.13. The van der Waals surface area contributed by atoms with Gasteiger partial charge in [-0.2, -0.15) is 5.10 Å². The summed E-state index contributed by atoms with van der Waals surface area (Å²) in [5.41, 5.74) is 0.566. The number of rotatable bonds is 6. The highest BCUT2D eigenvalue weighted by Gasteiger charge is 2.16. The van der Waals surface area contributed by atoms with E-state index in [2.05, 4.69) is 15.5 Å². The summed E-state index contributed by atoms with van der Waals surface area (Å²) in [6.07, 6.45) is 0. The number of aromatic nitrogens is 2. The van der Waals surface area contributed by atoms with Gasteiger partial charge in [-0.05, 0) is 23.8 Å². The number of methoxy groups -OCH3 is 3. The average Bonchev–Trinajstić information content (AvgIpc) is 2.71. The molecule has 2 aromatic carbocycles. The summed E-state index contributed by atoms with van der Waals surface area (Å²) in [5.74, 6) is 1.06. The third kappa shape index (κ3) is 3.55. The van der Waals surface area contributed by atoms with Gasteiger partial charge in [0.05, 0.1) is 26.7 Å². The molecule has 0 saturated heterocycles. The van der Waals surface area contributed by atoms with E-state index in [4.69, 9.17) is 14.2 Å². The summed E-state index contributed by atoms with van der Waals surface area (Å²) in [6.45, 7) is 0.213. The molecular weight excluding hydrogens is 350 g/mol. The van der Waals surface area contributed by atoms with Crippen LogP contribution in [0.25, 0.3) is 10.8 Å². The highest BCUT2D eigenvalue weighted by Crippen LogP contribution is 2.38. The van der Waals surface area contributed by atoms with Crippen molar-refractivity contribution in [1.29, 1.82) is 0 Å². The normalized spacial score (nSPS) is 10.5. The summed E-state index contributed by atoms with van der Waals surface area (Å²) in [6, 6.07) is 10.3. The van der Waals surface area contributed by atoms with Crippen LogP contribution >= 0.6 is 0 Å². The Morgan fingerprint density at radius 1 is 1.04 bits per heavy atom. The number of benzene rings is 2. The SMILES string of the molecule is COc1cc(CNC(=O)c2n[nH]c(=O)c3ccccc23)cc(OC)c1OC. The quantitative estimate of drug-likeness (QED) is 0.688. The predicted molar refractivity (Wildman–Crippen MR) is 99.6 cm³/mol. The van der Waals surface area contributed by atoms with Crippen molar-refractivity contribution in [2.24, 2.45) is 0 Å². The van der Waals surface area contributed by atoms with Gasteiger partial charge < -0.3 is 19.5 Å². The highest BCUT2D eigenvalue weighted by molar-refractivity contribution is 6.04. The van der Waals surface area contributed by atoms with Crippen LogP contribution in [-0.2, 0) is 6.54 Å². The molecule has 8 heteroatoms. The molecular formula is C19H19N3O5. The van der Waals surface area contributed by atoms with Gasteiger partial charge >= 0.3 is 0 Å². The summed E-state index contributed by atoms with van der Waals surface area (Å²) < 4.78 is 15.9. The van der Waals surface area contributed by atoms with Gasteiger partial charge in [0.1, 0.15) is 0 Å². The molecule has 0 spiro atoms. The van der Waals surface area contributed by atoms with E-state index >= 15 is 0 Å². The standard InChI is InChI=1S/C19H19N3O5/c1-25-14-8-11(9-15(26-2)17(14)27-3)10-20-19(24)16-12-6-4-5-7-13(12)18(23)22-21-16/h4-9H,10H2,1-3H3,(H,20,24)(H,22,23). The lowest BCUT2D eigenvalue weighted by Gasteiger charge is -2.14. The van der Waals surface area contributed by atoms with Gasteiger partial charge in [0.15, 0.2) is 17.2 Å². The van der Waals surface area contributed by atoms with E-state index in [1.807, 2.05) is 0 Å². The van der Waals surface area contributed by atoms with Crippen LogP contribution in [-0.4, -0.2) is 37.4 Å². The Labute approximate surface area is 155 Å². The summed E-state index contributed by atoms with van der Waals surface area (Å²) in [5, 5.41) is 9.93. The van der Waals surface area contributed by atoms with Crippen LogP contribution in [0.15, 0.2) is 41.2 Å². The van der Waals surface area contributed by atoms with Gasteiger partial charge in [-0.1, -0.05) is 18.2 Å². The zero-order chi connectivity index (χ0) is 19.4. The lowest BCUT2D eigenvalue weighted by atomic mass is 10.1. The first-order chi connectivity index (χ1) is 13.1. The van der Waals surface area contributed by atoms with Crippen molar-refractivity contribution in [3.05, 3.63) is 58.0 Å². The van der Waals surface area contributed by atoms with Crippen LogP contribution in [0.2, 0.25) is 0 Å². The minimum atomic E-state index is -0.406. The van der Waals surface area contributed by atoms with Crippen molar-refractivity contribution in [2.75, 3.05) is 21.3 Å². The largest absolute Gasteiger partial charge is 0.493 e. The zero-order valence-electron chi connectivity index (χ0n) is 15.2. The monoisotopic (exact) mass is 369 g/mol. The van der Waals surface area contributed by atoms with Crippen LogP contribution in [0.3, 0.4) is 0 Å². The Morgan fingerprint density at radius 2 is 1.67 bits per heavy atom. The maximum absolute atomic E-state index is 12.6. The third-order valence-electron chi connectivity index (χ3n) is 4.09. The molecule has 1 heterocycles. The molecule has 0 aliphatic rings. The number of hydrogen-bond donors (Lipinski definition) is 2. The molecule has 2 N–H and O–H groups in total. The molecule has 0 atom stereocenters. The second-order valence-corrected chi connectivity index (χ2v) is 5.66. The number of fused-ring (bicyclic) bond motifs is 1. The molecule has 0 fully saturated rings. The Kier molecular flexibility index (Phi) is 5.25. The fraction of sp³-hybridized carbons (Fsp3) is 0.211. The van der Waals surface area contributed by atoms with Crippen LogP contribution < -0.4 is 25.1 Å². The van der Waals surface area contributed by atoms with Gasteiger partial charge in [0.25, 0.3) is 11.5 Å². The molecule has 0 bridgehead atoms. The number of aromatic amines is 1. The Hall–Kier alpha value is -3.55. The Morgan fingerprint density at radius 3 is 2.26 bits per heavy atom. The van der Waals surface area contributed by atoms with Crippen molar-refractivity contribution in [3.63, 3.8) is 0 Å². The molecule has 27 heavy (non-hydrogen) atoms. The van der Waals surface area contributed by atoms with E-state index in [0.29, 0.717) is 28.0 Å². The van der Waals surface area contributed by atoms with Crippen molar-refractivity contribution < 1.29 is 19.0 Å². The molecule has 0 aliphatic carbocycles. The lowest BCUT2D eigenvalue weighted by molar-refractivity contribution is 0.0946. The summed E-state index contributed by atoms with van der Waals surface area (Å²) in [4.78, 5) is 24.4. The van der Waals surface area contributed by atoms with E-state index in [1.165, 1.54) is 21.3 Å². The van der Waals surface area contributed by atoms with Gasteiger partial charge in [0, 0.05) is 11.9 Å². The molecule has 3 rings (SSSR count). The first-order valence-corrected chi connectivity index (χ1v) is 8.13. The number of ether oxygens (including phenoxy) is 3. The number of carbonyl (C=O) groups is 1. The number of hydrogen-bond acceptors (Lipinski definition) is 6. The summed E-state index contributed by atoms with van der Waals surface area (Å²) >= 11 is 0. The fourth-order valence-electron chi connectivity index (χ4n) is 2.79. The Bertz CT molecular complexity index is 1020. The third-order valence-corrected chi connectivity index (χ3v) is 4.09. The maximum atomic E-state index is 12.6. The van der Waals surface area contributed by atoms with E-state index in [1.54, 1.807) is 36.4 Å². The number of nitrogens with zero attached hydrogens (tertiary/aromatic N) is 1. The minimum Gasteiger partial charge on any atom is -0.493 e. The van der Waals surface area contributed by atoms with E-state index in [-0.39, 0.29) is 17.8 Å². The molecule has 8 nitrogen and oxygen atoms in total. The van der Waals surface area contributed by atoms with Gasteiger partial charge in [-0.15, -0.1) is 0 Å². The number of nitrogens with one attached hydrogen (secondary N) is 2. The zero-order valence-corrected chi connectivity index (χ0v) is 15.2. The van der Waals surface area contributed by atoms with Crippen LogP contribution in [0.5, 0.6) is 17.2 Å². The minimum absolute atomic E-state index is 0.151. The van der Waals surface area contributed by atoms with E-state index in [9.17, 15) is 9.59 Å². The van der Waals surface area contributed by atoms with Crippen LogP contribution in [0.1, 0.15) is 16.1 Å². The number of H-pyrrole nitrogens is 1. The lowest BCUT2D eigenvalue weighted by Crippen LogP contribution is -2.26. The van der Waals surface area contributed by atoms with Gasteiger partial charge in [0.2, 0.25) is 5.75 Å². The smallest absolute Gasteiger partial charge is 0.272 e. The molecule has 0 aliphatic heterocycles.